The van der Waals surface area contributed by atoms with E-state index in [9.17, 15) is 9.59 Å². The third-order valence-corrected chi connectivity index (χ3v) is 4.16. The number of nitrogens with zero attached hydrogens (tertiary/aromatic N) is 2. The zero-order chi connectivity index (χ0) is 11.9. The molecule has 2 heterocycles. The van der Waals surface area contributed by atoms with Gasteiger partial charge in [-0.05, 0) is 18.9 Å². The number of carbonyl (C=O) groups is 1. The molecule has 1 amide bonds. The topological polar surface area (TPSA) is 42.3 Å². The molecule has 1 aliphatic rings. The third-order valence-electron chi connectivity index (χ3n) is 3.01. The third kappa shape index (κ3) is 1.77. The van der Waals surface area contributed by atoms with E-state index in [-0.39, 0.29) is 15.4 Å². The van der Waals surface area contributed by atoms with Crippen molar-refractivity contribution in [1.82, 2.24) is 4.57 Å². The number of aromatic nitrogens is 1. The van der Waals surface area contributed by atoms with Gasteiger partial charge in [0.1, 0.15) is 0 Å². The molecule has 16 heavy (non-hydrogen) atoms. The molecule has 0 aliphatic carbocycles. The largest absolute Gasteiger partial charge is 0.314 e. The van der Waals surface area contributed by atoms with Crippen LogP contribution in [0.1, 0.15) is 12.1 Å². The number of pyridine rings is 1. The van der Waals surface area contributed by atoms with Crippen LogP contribution >= 0.6 is 22.6 Å². The Hall–Kier alpha value is -0.850. The minimum absolute atomic E-state index is 0.00916. The van der Waals surface area contributed by atoms with Gasteiger partial charge in [-0.1, -0.05) is 22.6 Å². The van der Waals surface area contributed by atoms with Gasteiger partial charge in [0.25, 0.3) is 5.56 Å². The maximum atomic E-state index is 11.9. The Balaban J connectivity index is 2.61. The summed E-state index contributed by atoms with van der Waals surface area (Å²) in [4.78, 5) is 25.1. The van der Waals surface area contributed by atoms with Gasteiger partial charge in [-0.25, -0.2) is 0 Å². The Kier molecular flexibility index (Phi) is 3.05. The second-order valence-electron chi connectivity index (χ2n) is 3.97. The average molecular weight is 332 g/mol. The van der Waals surface area contributed by atoms with E-state index in [0.717, 1.165) is 24.2 Å². The molecule has 0 N–H and O–H groups in total. The quantitative estimate of drug-likeness (QED) is 0.527. The summed E-state index contributed by atoms with van der Waals surface area (Å²) in [5.41, 5.74) is 1.78. The molecule has 1 unspecified atom stereocenters. The molecule has 4 nitrogen and oxygen atoms in total. The summed E-state index contributed by atoms with van der Waals surface area (Å²) in [6.07, 6.45) is 1.56. The van der Waals surface area contributed by atoms with Crippen molar-refractivity contribution in [1.29, 1.82) is 0 Å². The molecular formula is C11H13IN2O2. The van der Waals surface area contributed by atoms with Crippen LogP contribution in [0, 0.1) is 0 Å². The van der Waals surface area contributed by atoms with Crippen LogP contribution in [0.3, 0.4) is 0 Å². The second-order valence-corrected chi connectivity index (χ2v) is 5.47. The number of halogens is 1. The molecule has 1 atom stereocenters. The highest BCUT2D eigenvalue weighted by atomic mass is 127. The number of alkyl halides is 1. The fourth-order valence-corrected chi connectivity index (χ4v) is 2.71. The number of amides is 1. The van der Waals surface area contributed by atoms with E-state index in [0.29, 0.717) is 0 Å². The van der Waals surface area contributed by atoms with Crippen molar-refractivity contribution in [2.24, 2.45) is 7.05 Å². The SMILES string of the molecule is CN1C(=O)C(I)CCc2c1ccc(=O)n2C. The number of hydrogen-bond donors (Lipinski definition) is 0. The molecule has 1 aromatic heterocycles. The molecule has 0 bridgehead atoms. The van der Waals surface area contributed by atoms with E-state index in [1.165, 1.54) is 6.07 Å². The van der Waals surface area contributed by atoms with Crippen molar-refractivity contribution in [3.8, 4) is 0 Å². The fourth-order valence-electron chi connectivity index (χ4n) is 1.98. The van der Waals surface area contributed by atoms with Crippen LogP contribution in [0.2, 0.25) is 0 Å². The van der Waals surface area contributed by atoms with Crippen LogP contribution in [0.5, 0.6) is 0 Å². The lowest BCUT2D eigenvalue weighted by atomic mass is 10.2. The maximum absolute atomic E-state index is 11.9. The Morgan fingerprint density at radius 1 is 1.31 bits per heavy atom. The van der Waals surface area contributed by atoms with E-state index in [4.69, 9.17) is 0 Å². The van der Waals surface area contributed by atoms with Crippen LogP contribution in [-0.2, 0) is 18.3 Å². The van der Waals surface area contributed by atoms with Gasteiger partial charge in [-0.3, -0.25) is 9.59 Å². The smallest absolute Gasteiger partial charge is 0.250 e. The number of hydrogen-bond acceptors (Lipinski definition) is 2. The van der Waals surface area contributed by atoms with Gasteiger partial charge < -0.3 is 9.47 Å². The maximum Gasteiger partial charge on any atom is 0.250 e. The molecule has 0 spiro atoms. The van der Waals surface area contributed by atoms with Crippen molar-refractivity contribution < 1.29 is 4.79 Å². The lowest BCUT2D eigenvalue weighted by molar-refractivity contribution is -0.117. The Labute approximate surface area is 107 Å². The zero-order valence-corrected chi connectivity index (χ0v) is 11.4. The molecule has 0 aromatic carbocycles. The van der Waals surface area contributed by atoms with Gasteiger partial charge in [0, 0.05) is 25.9 Å². The molecule has 0 radical (unpaired) electrons. The molecular weight excluding hydrogens is 319 g/mol. The fraction of sp³-hybridized carbons (Fsp3) is 0.455. The normalized spacial score (nSPS) is 20.6. The van der Waals surface area contributed by atoms with Crippen molar-refractivity contribution in [3.63, 3.8) is 0 Å². The van der Waals surface area contributed by atoms with Crippen molar-refractivity contribution in [2.45, 2.75) is 16.8 Å². The number of rotatable bonds is 0. The van der Waals surface area contributed by atoms with Crippen LogP contribution in [-0.4, -0.2) is 21.4 Å². The van der Waals surface area contributed by atoms with Crippen molar-refractivity contribution in [2.75, 3.05) is 11.9 Å². The highest BCUT2D eigenvalue weighted by Gasteiger charge is 2.27. The highest BCUT2D eigenvalue weighted by molar-refractivity contribution is 14.1. The Morgan fingerprint density at radius 2 is 2.00 bits per heavy atom. The van der Waals surface area contributed by atoms with Crippen LogP contribution in [0.15, 0.2) is 16.9 Å². The summed E-state index contributed by atoms with van der Waals surface area (Å²) < 4.78 is 1.62. The molecule has 0 saturated carbocycles. The predicted molar refractivity (Wildman–Crippen MR) is 71.2 cm³/mol. The Bertz CT molecular complexity index is 495. The van der Waals surface area contributed by atoms with E-state index < -0.39 is 0 Å². The molecule has 2 rings (SSSR count). The lowest BCUT2D eigenvalue weighted by Crippen LogP contribution is -2.32. The number of anilines is 1. The molecule has 1 aromatic rings. The van der Waals surface area contributed by atoms with Gasteiger partial charge in [0.15, 0.2) is 0 Å². The summed E-state index contributed by atoms with van der Waals surface area (Å²) in [6.45, 7) is 0. The first-order valence-electron chi connectivity index (χ1n) is 5.13. The monoisotopic (exact) mass is 332 g/mol. The second kappa shape index (κ2) is 4.20. The van der Waals surface area contributed by atoms with Crippen LogP contribution < -0.4 is 10.5 Å². The van der Waals surface area contributed by atoms with E-state index >= 15 is 0 Å². The molecule has 5 heteroatoms. The van der Waals surface area contributed by atoms with Gasteiger partial charge >= 0.3 is 0 Å². The van der Waals surface area contributed by atoms with Crippen molar-refractivity contribution in [3.05, 3.63) is 28.2 Å². The van der Waals surface area contributed by atoms with Gasteiger partial charge in [-0.2, -0.15) is 0 Å². The molecule has 0 fully saturated rings. The first-order valence-corrected chi connectivity index (χ1v) is 6.37. The van der Waals surface area contributed by atoms with Crippen LogP contribution in [0.25, 0.3) is 0 Å². The summed E-state index contributed by atoms with van der Waals surface area (Å²) in [5, 5.41) is 0. The standard InChI is InChI=1S/C11H13IN2O2/c1-13-8-4-3-7(12)11(16)14(2)9(8)5-6-10(13)15/h5-7H,3-4H2,1-2H3. The molecule has 86 valence electrons. The Morgan fingerprint density at radius 3 is 2.69 bits per heavy atom. The van der Waals surface area contributed by atoms with E-state index in [1.54, 1.807) is 29.6 Å². The van der Waals surface area contributed by atoms with Crippen LogP contribution in [0.4, 0.5) is 5.69 Å². The summed E-state index contributed by atoms with van der Waals surface area (Å²) in [6, 6.07) is 3.25. The number of fused-ring (bicyclic) bond motifs is 1. The van der Waals surface area contributed by atoms with Gasteiger partial charge in [0.2, 0.25) is 5.91 Å². The minimum atomic E-state index is -0.0218. The first-order chi connectivity index (χ1) is 7.52. The van der Waals surface area contributed by atoms with Crippen molar-refractivity contribution >= 4 is 34.2 Å². The lowest BCUT2D eigenvalue weighted by Gasteiger charge is -2.19. The molecule has 1 aliphatic heterocycles. The highest BCUT2D eigenvalue weighted by Crippen LogP contribution is 2.27. The van der Waals surface area contributed by atoms with Gasteiger partial charge in [0.05, 0.1) is 9.61 Å². The van der Waals surface area contributed by atoms with E-state index in [1.807, 2.05) is 0 Å². The van der Waals surface area contributed by atoms with Gasteiger partial charge in [-0.15, -0.1) is 0 Å². The van der Waals surface area contributed by atoms with E-state index in [2.05, 4.69) is 22.6 Å². The summed E-state index contributed by atoms with van der Waals surface area (Å²) in [5.74, 6) is 0.109. The first kappa shape index (κ1) is 11.6. The summed E-state index contributed by atoms with van der Waals surface area (Å²) in [7, 11) is 3.52. The zero-order valence-electron chi connectivity index (χ0n) is 9.24. The predicted octanol–water partition coefficient (Wildman–Crippen LogP) is 1.10. The minimum Gasteiger partial charge on any atom is -0.314 e. The summed E-state index contributed by atoms with van der Waals surface area (Å²) >= 11 is 2.16. The average Bonchev–Trinajstić information content (AvgIpc) is 2.37. The molecule has 0 saturated heterocycles. The number of carbonyl (C=O) groups excluding carboxylic acids is 1.